The van der Waals surface area contributed by atoms with Gasteiger partial charge in [0.15, 0.2) is 0 Å². The van der Waals surface area contributed by atoms with Gasteiger partial charge in [-0.2, -0.15) is 0 Å². The molecule has 0 aliphatic rings. The Bertz CT molecular complexity index is 245. The zero-order valence-corrected chi connectivity index (χ0v) is 10.1. The van der Waals surface area contributed by atoms with E-state index in [4.69, 9.17) is 0 Å². The summed E-state index contributed by atoms with van der Waals surface area (Å²) in [7, 11) is 0. The fraction of sp³-hybridized carbons (Fsp3) is 0.533. The summed E-state index contributed by atoms with van der Waals surface area (Å²) in [6.07, 6.45) is 10.2. The summed E-state index contributed by atoms with van der Waals surface area (Å²) in [5, 5.41) is 0. The van der Waals surface area contributed by atoms with Crippen LogP contribution in [0.25, 0.3) is 0 Å². The molecule has 83 valence electrons. The van der Waals surface area contributed by atoms with E-state index >= 15 is 0 Å². The summed E-state index contributed by atoms with van der Waals surface area (Å²) in [4.78, 5) is 0. The van der Waals surface area contributed by atoms with E-state index in [9.17, 15) is 0 Å². The molecule has 0 heteroatoms. The van der Waals surface area contributed by atoms with Gasteiger partial charge >= 0.3 is 0 Å². The smallest absolute Gasteiger partial charge is 0.0124 e. The number of benzene rings is 1. The van der Waals surface area contributed by atoms with Crippen molar-refractivity contribution < 1.29 is 0 Å². The minimum Gasteiger partial charge on any atom is -0.0654 e. The van der Waals surface area contributed by atoms with Gasteiger partial charge in [-0.05, 0) is 30.4 Å². The van der Waals surface area contributed by atoms with Gasteiger partial charge in [0, 0.05) is 0 Å². The predicted molar refractivity (Wildman–Crippen MR) is 68.0 cm³/mol. The first-order valence-electron chi connectivity index (χ1n) is 6.25. The Balaban J connectivity index is 2.20. The Hall–Kier alpha value is -0.780. The molecule has 0 aromatic heterocycles. The molecular weight excluding hydrogens is 180 g/mol. The van der Waals surface area contributed by atoms with Crippen LogP contribution in [0.5, 0.6) is 0 Å². The van der Waals surface area contributed by atoms with Crippen molar-refractivity contribution >= 4 is 0 Å². The minimum atomic E-state index is 1.24. The first kappa shape index (κ1) is 12.3. The Labute approximate surface area is 94.7 Å². The highest BCUT2D eigenvalue weighted by Gasteiger charge is 1.94. The number of hydrogen-bond acceptors (Lipinski definition) is 0. The molecule has 1 rings (SSSR count). The number of unbranched alkanes of at least 4 members (excludes halogenated alkanes) is 4. The van der Waals surface area contributed by atoms with Crippen LogP contribution >= 0.6 is 0 Å². The van der Waals surface area contributed by atoms with E-state index in [-0.39, 0.29) is 0 Å². The maximum Gasteiger partial charge on any atom is -0.0124 e. The molecule has 0 spiro atoms. The lowest BCUT2D eigenvalue weighted by molar-refractivity contribution is 0.632. The quantitative estimate of drug-likeness (QED) is 0.560. The number of aryl methyl sites for hydroxylation is 1. The van der Waals surface area contributed by atoms with E-state index < -0.39 is 0 Å². The van der Waals surface area contributed by atoms with Gasteiger partial charge in [0.25, 0.3) is 0 Å². The van der Waals surface area contributed by atoms with Crippen LogP contribution in [0.1, 0.15) is 57.1 Å². The van der Waals surface area contributed by atoms with E-state index in [1.807, 2.05) is 0 Å². The van der Waals surface area contributed by atoms with Crippen molar-refractivity contribution in [1.82, 2.24) is 0 Å². The molecule has 1 aromatic carbocycles. The molecule has 0 aliphatic heterocycles. The molecule has 0 fully saturated rings. The monoisotopic (exact) mass is 203 g/mol. The van der Waals surface area contributed by atoms with Crippen molar-refractivity contribution in [2.45, 2.75) is 52.4 Å². The lowest BCUT2D eigenvalue weighted by atomic mass is 10.0. The molecular formula is C15H23. The maximum atomic E-state index is 2.26. The van der Waals surface area contributed by atoms with Crippen LogP contribution in [-0.2, 0) is 6.42 Å². The molecule has 15 heavy (non-hydrogen) atoms. The standard InChI is InChI=1S/C15H23/c1-3-5-6-7-8-9-15-12-10-14(4-2)11-13-15/h4,10-13H,3,5-9H2,1-2H3. The van der Waals surface area contributed by atoms with Gasteiger partial charge in [-0.3, -0.25) is 0 Å². The Morgan fingerprint density at radius 2 is 1.60 bits per heavy atom. The Morgan fingerprint density at radius 1 is 0.933 bits per heavy atom. The van der Waals surface area contributed by atoms with E-state index in [1.54, 1.807) is 0 Å². The number of rotatable bonds is 7. The zero-order valence-electron chi connectivity index (χ0n) is 10.1. The van der Waals surface area contributed by atoms with Gasteiger partial charge in [0.2, 0.25) is 0 Å². The van der Waals surface area contributed by atoms with E-state index in [2.05, 4.69) is 44.5 Å². The topological polar surface area (TPSA) is 0 Å². The third-order valence-corrected chi connectivity index (χ3v) is 2.88. The third kappa shape index (κ3) is 5.01. The molecule has 0 atom stereocenters. The predicted octanol–water partition coefficient (Wildman–Crippen LogP) is 4.77. The van der Waals surface area contributed by atoms with Crippen molar-refractivity contribution in [1.29, 1.82) is 0 Å². The minimum absolute atomic E-state index is 1.24. The molecule has 1 radical (unpaired) electrons. The molecule has 0 unspecified atom stereocenters. The second kappa shape index (κ2) is 7.50. The number of hydrogen-bond donors (Lipinski definition) is 0. The molecule has 0 aliphatic carbocycles. The fourth-order valence-electron chi connectivity index (χ4n) is 1.81. The first-order valence-corrected chi connectivity index (χ1v) is 6.25. The van der Waals surface area contributed by atoms with Crippen molar-refractivity contribution in [2.24, 2.45) is 0 Å². The van der Waals surface area contributed by atoms with Crippen LogP contribution in [0.2, 0.25) is 0 Å². The Kier molecular flexibility index (Phi) is 6.15. The molecule has 1 aromatic rings. The van der Waals surface area contributed by atoms with Crippen molar-refractivity contribution in [3.63, 3.8) is 0 Å². The van der Waals surface area contributed by atoms with Crippen molar-refractivity contribution in [2.75, 3.05) is 0 Å². The molecule has 0 bridgehead atoms. The van der Waals surface area contributed by atoms with E-state index in [1.165, 1.54) is 49.7 Å². The van der Waals surface area contributed by atoms with Crippen LogP contribution in [0, 0.1) is 6.42 Å². The molecule has 0 saturated carbocycles. The molecule has 0 N–H and O–H groups in total. The van der Waals surface area contributed by atoms with Crippen molar-refractivity contribution in [3.8, 4) is 0 Å². The van der Waals surface area contributed by atoms with Gasteiger partial charge in [-0.1, -0.05) is 63.8 Å². The molecule has 0 nitrogen and oxygen atoms in total. The molecule has 0 saturated heterocycles. The highest BCUT2D eigenvalue weighted by atomic mass is 14.0. The van der Waals surface area contributed by atoms with Gasteiger partial charge in [0.05, 0.1) is 0 Å². The molecule has 0 amide bonds. The fourth-order valence-corrected chi connectivity index (χ4v) is 1.81. The maximum absolute atomic E-state index is 2.26. The highest BCUT2D eigenvalue weighted by molar-refractivity contribution is 5.26. The first-order chi connectivity index (χ1) is 7.36. The second-order valence-corrected chi connectivity index (χ2v) is 4.19. The third-order valence-electron chi connectivity index (χ3n) is 2.88. The summed E-state index contributed by atoms with van der Waals surface area (Å²) in [6.45, 7) is 4.35. The summed E-state index contributed by atoms with van der Waals surface area (Å²) < 4.78 is 0. The van der Waals surface area contributed by atoms with Gasteiger partial charge in [-0.25, -0.2) is 0 Å². The second-order valence-electron chi connectivity index (χ2n) is 4.19. The molecule has 0 heterocycles. The summed E-state index contributed by atoms with van der Waals surface area (Å²) in [6, 6.07) is 8.94. The van der Waals surface area contributed by atoms with Crippen LogP contribution in [0.15, 0.2) is 24.3 Å². The van der Waals surface area contributed by atoms with Crippen molar-refractivity contribution in [3.05, 3.63) is 41.8 Å². The van der Waals surface area contributed by atoms with Gasteiger partial charge in [0.1, 0.15) is 0 Å². The lowest BCUT2D eigenvalue weighted by Crippen LogP contribution is -1.87. The van der Waals surface area contributed by atoms with Crippen LogP contribution in [0.3, 0.4) is 0 Å². The average molecular weight is 203 g/mol. The van der Waals surface area contributed by atoms with Crippen LogP contribution in [0.4, 0.5) is 0 Å². The summed E-state index contributed by atoms with van der Waals surface area (Å²) in [5.41, 5.74) is 2.81. The highest BCUT2D eigenvalue weighted by Crippen LogP contribution is 2.11. The van der Waals surface area contributed by atoms with Gasteiger partial charge < -0.3 is 0 Å². The van der Waals surface area contributed by atoms with E-state index in [0.717, 1.165) is 0 Å². The van der Waals surface area contributed by atoms with Crippen LogP contribution < -0.4 is 0 Å². The summed E-state index contributed by atoms with van der Waals surface area (Å²) >= 11 is 0. The normalized spacial score (nSPS) is 10.5. The zero-order chi connectivity index (χ0) is 10.9. The lowest BCUT2D eigenvalue weighted by Gasteiger charge is -2.02. The summed E-state index contributed by atoms with van der Waals surface area (Å²) in [5.74, 6) is 0. The van der Waals surface area contributed by atoms with E-state index in [0.29, 0.717) is 0 Å². The Morgan fingerprint density at radius 3 is 2.20 bits per heavy atom. The van der Waals surface area contributed by atoms with Crippen LogP contribution in [-0.4, -0.2) is 0 Å². The largest absolute Gasteiger partial charge is 0.0654 e. The van der Waals surface area contributed by atoms with Gasteiger partial charge in [-0.15, -0.1) is 0 Å². The average Bonchev–Trinajstić information content (AvgIpc) is 2.30. The SMILES string of the molecule is C[CH]c1ccc(CCCCCCC)cc1.